The van der Waals surface area contributed by atoms with Crippen LogP contribution in [0.1, 0.15) is 22.4 Å². The van der Waals surface area contributed by atoms with Crippen LogP contribution in [0.3, 0.4) is 0 Å². The van der Waals surface area contributed by atoms with E-state index in [4.69, 9.17) is 5.26 Å². The fourth-order valence-corrected chi connectivity index (χ4v) is 2.05. The van der Waals surface area contributed by atoms with Crippen molar-refractivity contribution in [1.29, 1.82) is 5.26 Å². The van der Waals surface area contributed by atoms with E-state index >= 15 is 0 Å². The molecule has 0 saturated heterocycles. The molecule has 92 valence electrons. The van der Waals surface area contributed by atoms with Crippen molar-refractivity contribution >= 4 is 5.69 Å². The molecule has 3 heteroatoms. The highest BCUT2D eigenvalue weighted by atomic mass is 14.9. The Hall–Kier alpha value is -2.21. The minimum absolute atomic E-state index is 0.687. The van der Waals surface area contributed by atoms with Gasteiger partial charge in [-0.15, -0.1) is 0 Å². The van der Waals surface area contributed by atoms with E-state index in [2.05, 4.69) is 43.4 Å². The lowest BCUT2D eigenvalue weighted by Crippen LogP contribution is -2.00. The molecule has 18 heavy (non-hydrogen) atoms. The van der Waals surface area contributed by atoms with Gasteiger partial charge in [-0.3, -0.25) is 0 Å². The molecule has 0 aliphatic heterocycles. The van der Waals surface area contributed by atoms with Gasteiger partial charge in [0.05, 0.1) is 0 Å². The van der Waals surface area contributed by atoms with Crippen molar-refractivity contribution in [1.82, 2.24) is 4.57 Å². The summed E-state index contributed by atoms with van der Waals surface area (Å²) in [6.07, 6.45) is 1.98. The predicted octanol–water partition coefficient (Wildman–Crippen LogP) is 3.13. The molecule has 0 bridgehead atoms. The molecule has 0 aliphatic rings. The molecule has 0 unspecified atom stereocenters. The maximum absolute atomic E-state index is 8.90. The number of nitrogens with one attached hydrogen (secondary N) is 1. The number of nitriles is 1. The third-order valence-electron chi connectivity index (χ3n) is 3.04. The van der Waals surface area contributed by atoms with Gasteiger partial charge in [0, 0.05) is 25.5 Å². The lowest BCUT2D eigenvalue weighted by Gasteiger charge is -2.09. The van der Waals surface area contributed by atoms with Gasteiger partial charge in [-0.25, -0.2) is 0 Å². The normalized spacial score (nSPS) is 10.1. The Labute approximate surface area is 108 Å². The number of hydrogen-bond donors (Lipinski definition) is 1. The summed E-state index contributed by atoms with van der Waals surface area (Å²) in [7, 11) is 1.89. The van der Waals surface area contributed by atoms with Crippen LogP contribution in [0.5, 0.6) is 0 Å². The topological polar surface area (TPSA) is 40.8 Å². The van der Waals surface area contributed by atoms with Crippen LogP contribution in [0.4, 0.5) is 5.69 Å². The average molecular weight is 239 g/mol. The second-order valence-electron chi connectivity index (χ2n) is 4.63. The van der Waals surface area contributed by atoms with E-state index in [0.717, 1.165) is 17.8 Å². The van der Waals surface area contributed by atoms with E-state index in [1.165, 1.54) is 11.1 Å². The second-order valence-corrected chi connectivity index (χ2v) is 4.63. The zero-order valence-electron chi connectivity index (χ0n) is 11.0. The molecule has 0 amide bonds. The zero-order chi connectivity index (χ0) is 13.1. The fraction of sp³-hybridized carbons (Fsp3) is 0.267. The summed E-state index contributed by atoms with van der Waals surface area (Å²) in [5.41, 5.74) is 5.46. The van der Waals surface area contributed by atoms with E-state index in [-0.39, 0.29) is 0 Å². The smallest absolute Gasteiger partial charge is 0.120 e. The van der Waals surface area contributed by atoms with Crippen molar-refractivity contribution < 1.29 is 0 Å². The van der Waals surface area contributed by atoms with E-state index in [9.17, 15) is 0 Å². The summed E-state index contributed by atoms with van der Waals surface area (Å²) in [6, 6.07) is 10.4. The molecule has 1 N–H and O–H groups in total. The van der Waals surface area contributed by atoms with E-state index in [1.807, 2.05) is 23.9 Å². The highest BCUT2D eigenvalue weighted by Gasteiger charge is 2.03. The SMILES string of the molecule is Cc1ccc(NCc2cc(C#N)n(C)c2)c(C)c1. The maximum atomic E-state index is 8.90. The first-order valence-corrected chi connectivity index (χ1v) is 5.96. The first-order chi connectivity index (χ1) is 8.60. The molecule has 0 spiro atoms. The van der Waals surface area contributed by atoms with Crippen molar-refractivity contribution in [2.24, 2.45) is 7.05 Å². The Bertz CT molecular complexity index is 603. The van der Waals surface area contributed by atoms with Gasteiger partial charge in [0.1, 0.15) is 11.8 Å². The standard InChI is InChI=1S/C15H17N3/c1-11-4-5-15(12(2)6-11)17-9-13-7-14(8-16)18(3)10-13/h4-7,10,17H,9H2,1-3H3. The zero-order valence-corrected chi connectivity index (χ0v) is 11.0. The van der Waals surface area contributed by atoms with Gasteiger partial charge in [-0.2, -0.15) is 5.26 Å². The van der Waals surface area contributed by atoms with E-state index in [0.29, 0.717) is 5.69 Å². The number of aromatic nitrogens is 1. The first kappa shape index (κ1) is 12.3. The van der Waals surface area contributed by atoms with Crippen LogP contribution in [0.15, 0.2) is 30.5 Å². The van der Waals surface area contributed by atoms with Crippen LogP contribution in [-0.2, 0) is 13.6 Å². The fourth-order valence-electron chi connectivity index (χ4n) is 2.05. The Morgan fingerprint density at radius 1 is 1.28 bits per heavy atom. The molecule has 2 aromatic rings. The van der Waals surface area contributed by atoms with Crippen LogP contribution >= 0.6 is 0 Å². The Morgan fingerprint density at radius 2 is 2.06 bits per heavy atom. The molecule has 2 rings (SSSR count). The summed E-state index contributed by atoms with van der Waals surface area (Å²) < 4.78 is 1.85. The molecule has 3 nitrogen and oxygen atoms in total. The lowest BCUT2D eigenvalue weighted by molar-refractivity contribution is 0.902. The molecule has 0 aliphatic carbocycles. The molecular weight excluding hydrogens is 222 g/mol. The van der Waals surface area contributed by atoms with Crippen molar-refractivity contribution in [3.05, 3.63) is 52.8 Å². The van der Waals surface area contributed by atoms with Gasteiger partial charge < -0.3 is 9.88 Å². The van der Waals surface area contributed by atoms with Gasteiger partial charge in [-0.1, -0.05) is 17.7 Å². The Balaban J connectivity index is 2.09. The van der Waals surface area contributed by atoms with Gasteiger partial charge >= 0.3 is 0 Å². The van der Waals surface area contributed by atoms with Crippen molar-refractivity contribution in [2.75, 3.05) is 5.32 Å². The number of aryl methyl sites for hydroxylation is 3. The monoisotopic (exact) mass is 239 g/mol. The van der Waals surface area contributed by atoms with Crippen LogP contribution in [0.25, 0.3) is 0 Å². The van der Waals surface area contributed by atoms with Gasteiger partial charge in [-0.05, 0) is 37.1 Å². The second kappa shape index (κ2) is 4.97. The third-order valence-corrected chi connectivity index (χ3v) is 3.04. The molecule has 0 saturated carbocycles. The summed E-state index contributed by atoms with van der Waals surface area (Å²) >= 11 is 0. The molecule has 1 aromatic carbocycles. The van der Waals surface area contributed by atoms with Crippen LogP contribution < -0.4 is 5.32 Å². The largest absolute Gasteiger partial charge is 0.381 e. The Morgan fingerprint density at radius 3 is 2.67 bits per heavy atom. The summed E-state index contributed by atoms with van der Waals surface area (Å²) in [6.45, 7) is 4.92. The van der Waals surface area contributed by atoms with Gasteiger partial charge in [0.25, 0.3) is 0 Å². The maximum Gasteiger partial charge on any atom is 0.120 e. The van der Waals surface area contributed by atoms with E-state index < -0.39 is 0 Å². The minimum atomic E-state index is 0.687. The highest BCUT2D eigenvalue weighted by Crippen LogP contribution is 2.17. The molecule has 0 fully saturated rings. The van der Waals surface area contributed by atoms with Gasteiger partial charge in [0.15, 0.2) is 0 Å². The van der Waals surface area contributed by atoms with Crippen molar-refractivity contribution in [3.8, 4) is 6.07 Å². The lowest BCUT2D eigenvalue weighted by atomic mass is 10.1. The number of hydrogen-bond acceptors (Lipinski definition) is 2. The molecule has 0 atom stereocenters. The minimum Gasteiger partial charge on any atom is -0.381 e. The number of anilines is 1. The van der Waals surface area contributed by atoms with E-state index in [1.54, 1.807) is 0 Å². The quantitative estimate of drug-likeness (QED) is 0.894. The summed E-state index contributed by atoms with van der Waals surface area (Å²) in [5, 5.41) is 12.3. The average Bonchev–Trinajstić information content (AvgIpc) is 2.69. The number of rotatable bonds is 3. The van der Waals surface area contributed by atoms with Crippen LogP contribution in [0, 0.1) is 25.2 Å². The number of nitrogens with zero attached hydrogens (tertiary/aromatic N) is 2. The Kier molecular flexibility index (Phi) is 3.38. The van der Waals surface area contributed by atoms with Crippen LogP contribution in [0.2, 0.25) is 0 Å². The summed E-state index contributed by atoms with van der Waals surface area (Å²) in [4.78, 5) is 0. The third kappa shape index (κ3) is 2.54. The molecular formula is C15H17N3. The summed E-state index contributed by atoms with van der Waals surface area (Å²) in [5.74, 6) is 0. The first-order valence-electron chi connectivity index (χ1n) is 5.96. The van der Waals surface area contributed by atoms with Gasteiger partial charge in [0.2, 0.25) is 0 Å². The number of benzene rings is 1. The predicted molar refractivity (Wildman–Crippen MR) is 73.4 cm³/mol. The highest BCUT2D eigenvalue weighted by molar-refractivity contribution is 5.52. The molecule has 1 heterocycles. The van der Waals surface area contributed by atoms with Crippen LogP contribution in [-0.4, -0.2) is 4.57 Å². The van der Waals surface area contributed by atoms with Crippen molar-refractivity contribution in [3.63, 3.8) is 0 Å². The molecule has 0 radical (unpaired) electrons. The molecule has 1 aromatic heterocycles. The van der Waals surface area contributed by atoms with Crippen molar-refractivity contribution in [2.45, 2.75) is 20.4 Å².